The van der Waals surface area contributed by atoms with Crippen LogP contribution in [0.3, 0.4) is 0 Å². The van der Waals surface area contributed by atoms with Gasteiger partial charge in [0.1, 0.15) is 0 Å². The van der Waals surface area contributed by atoms with E-state index in [9.17, 15) is 0 Å². The molecule has 0 aliphatic heterocycles. The highest BCUT2D eigenvalue weighted by atomic mass is 15.2. The first-order valence-electron chi connectivity index (χ1n) is 51.2. The summed E-state index contributed by atoms with van der Waals surface area (Å²) in [5, 5.41) is 14.3. The van der Waals surface area contributed by atoms with Crippen LogP contribution < -0.4 is 0 Å². The topological polar surface area (TPSA) is 146 Å². The van der Waals surface area contributed by atoms with Gasteiger partial charge in [-0.3, -0.25) is 13.7 Å². The number of hydrogen-bond donors (Lipinski definition) is 0. The molecule has 0 N–H and O–H groups in total. The number of fused-ring (bicyclic) bond motifs is 21. The van der Waals surface area contributed by atoms with Crippen molar-refractivity contribution >= 4 is 131 Å². The van der Waals surface area contributed by atoms with Crippen molar-refractivity contribution in [3.05, 3.63) is 502 Å². The Morgan fingerprint density at radius 1 is 0.133 bits per heavy atom. The van der Waals surface area contributed by atoms with Crippen LogP contribution in [0.1, 0.15) is 37.5 Å². The molecule has 9 aromatic heterocycles. The SMILES string of the molecule is CCc1ccc(-c2nc(-c3ccc(CC)cc3)nc(-n3c4ccccc4c4c5c6ccccc6n(-c6ccccc6)c5ccc43)n2)cc1.CCc1ccc(-n2c3ccccc3c3c4c5ccccc5n(-c5nc(-c6ccccc6)nc(-c6ccccc6)n5)c4ccc32)cc1.c1ccc(-c2ccc(-c3nc(-c4ccc(-c5ccccc5)cc4)nc(-n4c5ccccc5c5c6c7ccccc7n(-c7ccccc7)c6ccc54)n3)cc2)cc1. The molecular weight excluding hydrogens is 1830 g/mol. The summed E-state index contributed by atoms with van der Waals surface area (Å²) < 4.78 is 13.8. The van der Waals surface area contributed by atoms with Crippen molar-refractivity contribution in [2.24, 2.45) is 0 Å². The van der Waals surface area contributed by atoms with Crippen LogP contribution in [0.15, 0.2) is 485 Å². The number of aromatic nitrogens is 15. The second kappa shape index (κ2) is 37.8. The molecule has 15 heteroatoms. The zero-order valence-electron chi connectivity index (χ0n) is 82.5. The molecule has 0 aliphatic carbocycles. The van der Waals surface area contributed by atoms with Gasteiger partial charge in [-0.25, -0.2) is 15.0 Å². The molecule has 0 bridgehead atoms. The monoisotopic (exact) mass is 1930 g/mol. The average Bonchev–Trinajstić information content (AvgIpc) is 1.55. The van der Waals surface area contributed by atoms with Crippen molar-refractivity contribution in [1.29, 1.82) is 0 Å². The van der Waals surface area contributed by atoms with Gasteiger partial charge >= 0.3 is 0 Å². The summed E-state index contributed by atoms with van der Waals surface area (Å²) >= 11 is 0. The Morgan fingerprint density at radius 2 is 0.300 bits per heavy atom. The molecular formula is C135H95N15. The molecule has 29 rings (SSSR count). The van der Waals surface area contributed by atoms with Crippen LogP contribution in [-0.2, 0) is 19.3 Å². The maximum atomic E-state index is 5.27. The zero-order chi connectivity index (χ0) is 99.8. The molecule has 0 saturated carbocycles. The number of para-hydroxylation sites is 8. The van der Waals surface area contributed by atoms with Crippen molar-refractivity contribution in [1.82, 2.24) is 72.3 Å². The minimum atomic E-state index is 0.571. The third-order valence-electron chi connectivity index (χ3n) is 29.3. The molecule has 0 radical (unpaired) electrons. The lowest BCUT2D eigenvalue weighted by Crippen LogP contribution is -2.06. The van der Waals surface area contributed by atoms with E-state index in [4.69, 9.17) is 44.9 Å². The molecule has 0 unspecified atom stereocenters. The molecule has 0 aliphatic rings. The van der Waals surface area contributed by atoms with Crippen LogP contribution >= 0.6 is 0 Å². The number of aryl methyl sites for hydroxylation is 3. The third kappa shape index (κ3) is 15.6. The van der Waals surface area contributed by atoms with Gasteiger partial charge < -0.3 is 13.7 Å². The molecule has 9 heterocycles. The smallest absolute Gasteiger partial charge is 0.238 e. The highest BCUT2D eigenvalue weighted by molar-refractivity contribution is 6.32. The molecule has 0 atom stereocenters. The summed E-state index contributed by atoms with van der Waals surface area (Å²) in [6.45, 7) is 6.54. The number of hydrogen-bond acceptors (Lipinski definition) is 9. The summed E-state index contributed by atoms with van der Waals surface area (Å²) in [6, 6.07) is 171. The molecule has 0 spiro atoms. The van der Waals surface area contributed by atoms with E-state index in [1.807, 2.05) is 72.8 Å². The van der Waals surface area contributed by atoms with Crippen LogP contribution in [0.5, 0.6) is 0 Å². The Bertz CT molecular complexity index is 9980. The lowest BCUT2D eigenvalue weighted by molar-refractivity contribution is 0.952. The van der Waals surface area contributed by atoms with E-state index in [1.165, 1.54) is 104 Å². The third-order valence-corrected chi connectivity index (χ3v) is 29.3. The molecule has 150 heavy (non-hydrogen) atoms. The Kier molecular flexibility index (Phi) is 22.4. The molecule has 0 saturated heterocycles. The van der Waals surface area contributed by atoms with Crippen LogP contribution in [0.25, 0.3) is 256 Å². The first kappa shape index (κ1) is 89.1. The molecule has 710 valence electrons. The first-order chi connectivity index (χ1) is 74.3. The van der Waals surface area contributed by atoms with E-state index in [2.05, 4.69) is 461 Å². The predicted molar refractivity (Wildman–Crippen MR) is 617 cm³/mol. The van der Waals surface area contributed by atoms with Gasteiger partial charge in [-0.2, -0.15) is 29.9 Å². The van der Waals surface area contributed by atoms with Gasteiger partial charge in [-0.1, -0.05) is 397 Å². The van der Waals surface area contributed by atoms with E-state index in [-0.39, 0.29) is 0 Å². The maximum Gasteiger partial charge on any atom is 0.238 e. The Hall–Kier alpha value is -19.8. The molecule has 15 nitrogen and oxygen atoms in total. The first-order valence-corrected chi connectivity index (χ1v) is 51.2. The van der Waals surface area contributed by atoms with Gasteiger partial charge in [0, 0.05) is 115 Å². The fourth-order valence-corrected chi connectivity index (χ4v) is 22.1. The Labute approximate surface area is 864 Å². The van der Waals surface area contributed by atoms with Crippen molar-refractivity contribution in [2.75, 3.05) is 0 Å². The van der Waals surface area contributed by atoms with E-state index < -0.39 is 0 Å². The van der Waals surface area contributed by atoms with E-state index >= 15 is 0 Å². The molecule has 29 aromatic rings. The molecule has 0 fully saturated rings. The van der Waals surface area contributed by atoms with E-state index in [0.717, 1.165) is 136 Å². The summed E-state index contributed by atoms with van der Waals surface area (Å²) in [4.78, 5) is 46.3. The zero-order valence-corrected chi connectivity index (χ0v) is 82.5. The lowest BCUT2D eigenvalue weighted by Gasteiger charge is -2.12. The average molecular weight is 1930 g/mol. The van der Waals surface area contributed by atoms with Gasteiger partial charge in [-0.15, -0.1) is 0 Å². The van der Waals surface area contributed by atoms with Gasteiger partial charge in [0.25, 0.3) is 0 Å². The molecule has 0 amide bonds. The van der Waals surface area contributed by atoms with Crippen molar-refractivity contribution in [3.63, 3.8) is 0 Å². The standard InChI is InChI=1S/C51H33N5.C43H33N5.C41H29N5/c1-4-14-34(15-5-1)36-24-28-38(29-25-36)49-52-50(39-30-26-37(27-31-39)35-16-6-2-7-17-35)54-51(53-49)56-44-23-13-11-21-42(44)48-46(56)33-32-45-47(48)41-20-10-12-22-43(41)55(45)40-18-8-3-9-19-40;1-3-28-18-22-30(23-19-28)41-44-42(31-24-20-29(4-2)21-25-31)46-43(45-41)48-36-17-11-9-15-34(36)40-38(48)27-26-37-39(40)33-14-8-10-16-35(33)47(37)32-12-6-5-7-13-32;1-2-27-21-23-30(24-22-27)45-33-19-11-9-17-31(33)37-35(45)25-26-36-38(37)32-18-10-12-20-34(32)46(36)41-43-39(28-13-5-3-6-14-28)42-40(44-41)29-15-7-4-8-16-29/h1-33H;5-27H,3-4H2,1-2H3;3-26H,2H2,1H3. The van der Waals surface area contributed by atoms with Crippen molar-refractivity contribution in [3.8, 4) is 125 Å². The van der Waals surface area contributed by atoms with E-state index in [0.29, 0.717) is 52.8 Å². The normalized spacial score (nSPS) is 11.6. The van der Waals surface area contributed by atoms with Crippen LogP contribution in [0.4, 0.5) is 0 Å². The summed E-state index contributed by atoms with van der Waals surface area (Å²) in [5.74, 6) is 5.60. The fraction of sp³-hybridized carbons (Fsp3) is 0.0444. The predicted octanol–water partition coefficient (Wildman–Crippen LogP) is 33.2. The van der Waals surface area contributed by atoms with E-state index in [1.54, 1.807) is 0 Å². The maximum absolute atomic E-state index is 5.27. The highest BCUT2D eigenvalue weighted by Crippen LogP contribution is 2.48. The highest BCUT2D eigenvalue weighted by Gasteiger charge is 2.29. The largest absolute Gasteiger partial charge is 0.309 e. The van der Waals surface area contributed by atoms with Crippen molar-refractivity contribution < 1.29 is 0 Å². The van der Waals surface area contributed by atoms with Gasteiger partial charge in [0.15, 0.2) is 34.9 Å². The quantitative estimate of drug-likeness (QED) is 0.0869. The van der Waals surface area contributed by atoms with Crippen LogP contribution in [0.2, 0.25) is 0 Å². The van der Waals surface area contributed by atoms with Gasteiger partial charge in [-0.05, 0) is 167 Å². The minimum Gasteiger partial charge on any atom is -0.309 e. The number of benzene rings is 20. The number of rotatable bonds is 17. The van der Waals surface area contributed by atoms with Gasteiger partial charge in [0.2, 0.25) is 17.8 Å². The summed E-state index contributed by atoms with van der Waals surface area (Å²) in [6.07, 6.45) is 2.98. The van der Waals surface area contributed by atoms with Crippen LogP contribution in [-0.4, -0.2) is 72.3 Å². The van der Waals surface area contributed by atoms with Crippen LogP contribution in [0, 0.1) is 0 Å². The number of nitrogens with zero attached hydrogens (tertiary/aromatic N) is 15. The second-order valence-electron chi connectivity index (χ2n) is 37.9. The second-order valence-corrected chi connectivity index (χ2v) is 37.9. The lowest BCUT2D eigenvalue weighted by atomic mass is 10.0. The fourth-order valence-electron chi connectivity index (χ4n) is 22.1. The van der Waals surface area contributed by atoms with Gasteiger partial charge in [0.05, 0.1) is 66.2 Å². The summed E-state index contributed by atoms with van der Waals surface area (Å²) in [7, 11) is 0. The Morgan fingerprint density at radius 3 is 0.540 bits per heavy atom. The molecule has 20 aromatic carbocycles. The summed E-state index contributed by atoms with van der Waals surface area (Å²) in [5.41, 5.74) is 30.9. The minimum absolute atomic E-state index is 0.571. The van der Waals surface area contributed by atoms with Crippen molar-refractivity contribution in [2.45, 2.75) is 40.0 Å². The Balaban J connectivity index is 0.000000111.